The summed E-state index contributed by atoms with van der Waals surface area (Å²) in [6.45, 7) is 0.113. The Hall–Kier alpha value is -2.43. The lowest BCUT2D eigenvalue weighted by atomic mass is 10.0. The highest BCUT2D eigenvalue weighted by Crippen LogP contribution is 2.19. The molecule has 0 fully saturated rings. The van der Waals surface area contributed by atoms with Gasteiger partial charge in [-0.1, -0.05) is 0 Å². The maximum absolute atomic E-state index is 12.8. The van der Waals surface area contributed by atoms with Crippen LogP contribution in [0.2, 0.25) is 0 Å². The van der Waals surface area contributed by atoms with Crippen molar-refractivity contribution in [1.82, 2.24) is 4.98 Å². The smallest absolute Gasteiger partial charge is 0.316 e. The monoisotopic (exact) mass is 275 g/mol. The number of benzene rings is 1. The summed E-state index contributed by atoms with van der Waals surface area (Å²) in [5, 5.41) is 0. The second kappa shape index (κ2) is 6.65. The molecule has 0 aliphatic carbocycles. The molecule has 1 atom stereocenters. The van der Waals surface area contributed by atoms with Crippen molar-refractivity contribution >= 4 is 5.97 Å². The lowest BCUT2D eigenvalue weighted by Gasteiger charge is -2.15. The molecule has 0 radical (unpaired) electrons. The van der Waals surface area contributed by atoms with Crippen LogP contribution < -0.4 is 4.74 Å². The molecule has 1 heterocycles. The van der Waals surface area contributed by atoms with E-state index in [4.69, 9.17) is 9.47 Å². The van der Waals surface area contributed by atoms with Gasteiger partial charge in [0.1, 0.15) is 24.1 Å². The van der Waals surface area contributed by atoms with Crippen LogP contribution >= 0.6 is 0 Å². The first-order valence-corrected chi connectivity index (χ1v) is 6.07. The molecule has 104 valence electrons. The third-order valence-corrected chi connectivity index (χ3v) is 2.82. The fraction of sp³-hybridized carbons (Fsp3) is 0.200. The van der Waals surface area contributed by atoms with Crippen molar-refractivity contribution in [2.75, 3.05) is 13.7 Å². The Labute approximate surface area is 116 Å². The third kappa shape index (κ3) is 3.54. The first-order valence-electron chi connectivity index (χ1n) is 6.07. The topological polar surface area (TPSA) is 48.4 Å². The number of carbonyl (C=O) groups excluding carboxylic acids is 1. The molecule has 0 N–H and O–H groups in total. The van der Waals surface area contributed by atoms with Crippen molar-refractivity contribution in [3.8, 4) is 5.75 Å². The molecule has 0 aliphatic heterocycles. The van der Waals surface area contributed by atoms with Crippen LogP contribution in [0, 0.1) is 5.82 Å². The van der Waals surface area contributed by atoms with E-state index in [0.717, 1.165) is 5.56 Å². The van der Waals surface area contributed by atoms with E-state index < -0.39 is 11.9 Å². The minimum absolute atomic E-state index is 0.113. The molecule has 1 aromatic carbocycles. The van der Waals surface area contributed by atoms with E-state index in [1.807, 2.05) is 0 Å². The second-order valence-corrected chi connectivity index (χ2v) is 4.12. The van der Waals surface area contributed by atoms with Crippen LogP contribution in [0.25, 0.3) is 0 Å². The molecule has 20 heavy (non-hydrogen) atoms. The number of nitrogens with zero attached hydrogens (tertiary/aromatic N) is 1. The highest BCUT2D eigenvalue weighted by Gasteiger charge is 2.22. The molecule has 0 saturated carbocycles. The van der Waals surface area contributed by atoms with Gasteiger partial charge >= 0.3 is 5.97 Å². The van der Waals surface area contributed by atoms with E-state index in [1.54, 1.807) is 24.5 Å². The average molecular weight is 275 g/mol. The summed E-state index contributed by atoms with van der Waals surface area (Å²) in [7, 11) is 1.33. The van der Waals surface area contributed by atoms with Gasteiger partial charge in [-0.25, -0.2) is 4.39 Å². The summed E-state index contributed by atoms with van der Waals surface area (Å²) >= 11 is 0. The molecule has 2 aromatic rings. The number of methoxy groups -OCH3 is 1. The maximum atomic E-state index is 12.8. The van der Waals surface area contributed by atoms with Crippen molar-refractivity contribution in [2.24, 2.45) is 0 Å². The van der Waals surface area contributed by atoms with Crippen LogP contribution in [0.15, 0.2) is 48.8 Å². The molecule has 4 nitrogen and oxygen atoms in total. The Morgan fingerprint density at radius 3 is 2.45 bits per heavy atom. The van der Waals surface area contributed by atoms with Crippen molar-refractivity contribution in [3.63, 3.8) is 0 Å². The van der Waals surface area contributed by atoms with Crippen LogP contribution in [-0.2, 0) is 9.53 Å². The predicted molar refractivity (Wildman–Crippen MR) is 70.9 cm³/mol. The third-order valence-electron chi connectivity index (χ3n) is 2.82. The Kier molecular flexibility index (Phi) is 4.65. The molecule has 5 heteroatoms. The van der Waals surface area contributed by atoms with Crippen LogP contribution in [0.1, 0.15) is 11.5 Å². The zero-order valence-corrected chi connectivity index (χ0v) is 11.0. The first-order chi connectivity index (χ1) is 9.70. The van der Waals surface area contributed by atoms with Crippen LogP contribution in [0.5, 0.6) is 5.75 Å². The lowest BCUT2D eigenvalue weighted by molar-refractivity contribution is -0.143. The van der Waals surface area contributed by atoms with E-state index in [-0.39, 0.29) is 12.4 Å². The number of halogens is 1. The van der Waals surface area contributed by atoms with Gasteiger partial charge in [0, 0.05) is 12.4 Å². The Bertz CT molecular complexity index is 557. The van der Waals surface area contributed by atoms with Gasteiger partial charge in [0.25, 0.3) is 0 Å². The van der Waals surface area contributed by atoms with Crippen molar-refractivity contribution in [2.45, 2.75) is 5.92 Å². The number of pyridine rings is 1. The minimum Gasteiger partial charge on any atom is -0.492 e. The van der Waals surface area contributed by atoms with E-state index >= 15 is 0 Å². The van der Waals surface area contributed by atoms with Crippen molar-refractivity contribution < 1.29 is 18.7 Å². The highest BCUT2D eigenvalue weighted by molar-refractivity contribution is 5.78. The quantitative estimate of drug-likeness (QED) is 0.787. The number of carbonyl (C=O) groups is 1. The number of esters is 1. The lowest BCUT2D eigenvalue weighted by Crippen LogP contribution is -2.21. The summed E-state index contributed by atoms with van der Waals surface area (Å²) in [5.74, 6) is -0.781. The number of aromatic nitrogens is 1. The van der Waals surface area contributed by atoms with E-state index in [0.29, 0.717) is 5.75 Å². The fourth-order valence-electron chi connectivity index (χ4n) is 1.75. The van der Waals surface area contributed by atoms with Crippen LogP contribution in [0.4, 0.5) is 4.39 Å². The summed E-state index contributed by atoms with van der Waals surface area (Å²) in [6, 6.07) is 9.08. The summed E-state index contributed by atoms with van der Waals surface area (Å²) in [5.41, 5.74) is 0.758. The van der Waals surface area contributed by atoms with Gasteiger partial charge < -0.3 is 9.47 Å². The molecular formula is C15H14FNO3. The zero-order chi connectivity index (χ0) is 14.4. The van der Waals surface area contributed by atoms with Gasteiger partial charge in [-0.15, -0.1) is 0 Å². The van der Waals surface area contributed by atoms with Crippen LogP contribution in [0.3, 0.4) is 0 Å². The summed E-state index contributed by atoms with van der Waals surface area (Å²) < 4.78 is 23.1. The fourth-order valence-corrected chi connectivity index (χ4v) is 1.75. The predicted octanol–water partition coefficient (Wildman–Crippen LogP) is 2.56. The Balaban J connectivity index is 2.09. The van der Waals surface area contributed by atoms with Crippen molar-refractivity contribution in [3.05, 3.63) is 60.2 Å². The van der Waals surface area contributed by atoms with Gasteiger partial charge in [-0.05, 0) is 42.0 Å². The van der Waals surface area contributed by atoms with E-state index in [2.05, 4.69) is 4.98 Å². The number of rotatable bonds is 5. The molecular weight excluding hydrogens is 261 g/mol. The zero-order valence-electron chi connectivity index (χ0n) is 11.0. The average Bonchev–Trinajstić information content (AvgIpc) is 2.50. The normalized spacial score (nSPS) is 11.7. The van der Waals surface area contributed by atoms with Crippen molar-refractivity contribution in [1.29, 1.82) is 0 Å². The van der Waals surface area contributed by atoms with Gasteiger partial charge in [-0.3, -0.25) is 9.78 Å². The minimum atomic E-state index is -0.548. The van der Waals surface area contributed by atoms with E-state index in [1.165, 1.54) is 31.4 Å². The molecule has 0 bridgehead atoms. The number of hydrogen-bond acceptors (Lipinski definition) is 4. The standard InChI is InChI=1S/C15H14FNO3/c1-19-15(18)14(11-6-8-17-9-7-11)10-20-13-4-2-12(16)3-5-13/h2-9,14H,10H2,1H3. The number of hydrogen-bond donors (Lipinski definition) is 0. The van der Waals surface area contributed by atoms with Gasteiger partial charge in [0.05, 0.1) is 7.11 Å². The largest absolute Gasteiger partial charge is 0.492 e. The SMILES string of the molecule is COC(=O)C(COc1ccc(F)cc1)c1ccncc1. The van der Waals surface area contributed by atoms with Gasteiger partial charge in [-0.2, -0.15) is 0 Å². The first kappa shape index (κ1) is 14.0. The van der Waals surface area contributed by atoms with E-state index in [9.17, 15) is 9.18 Å². The summed E-state index contributed by atoms with van der Waals surface area (Å²) in [6.07, 6.45) is 3.20. The maximum Gasteiger partial charge on any atom is 0.316 e. The molecule has 0 saturated heterocycles. The van der Waals surface area contributed by atoms with Crippen LogP contribution in [-0.4, -0.2) is 24.7 Å². The molecule has 1 aromatic heterocycles. The molecule has 0 spiro atoms. The van der Waals surface area contributed by atoms with Gasteiger partial charge in [0.2, 0.25) is 0 Å². The molecule has 0 amide bonds. The molecule has 1 unspecified atom stereocenters. The Morgan fingerprint density at radius 1 is 1.20 bits per heavy atom. The van der Waals surface area contributed by atoms with Gasteiger partial charge in [0.15, 0.2) is 0 Å². The molecule has 2 rings (SSSR count). The highest BCUT2D eigenvalue weighted by atomic mass is 19.1. The second-order valence-electron chi connectivity index (χ2n) is 4.12. The Morgan fingerprint density at radius 2 is 1.85 bits per heavy atom. The number of ether oxygens (including phenoxy) is 2. The molecule has 0 aliphatic rings. The summed E-state index contributed by atoms with van der Waals surface area (Å²) in [4.78, 5) is 15.7.